The molecule has 1 N–H and O–H groups in total. The van der Waals surface area contributed by atoms with Gasteiger partial charge in [0.15, 0.2) is 0 Å². The second kappa shape index (κ2) is 4.36. The number of hydrogen-bond acceptors (Lipinski definition) is 3. The number of nitrogens with zero attached hydrogens (tertiary/aromatic N) is 2. The van der Waals surface area contributed by atoms with E-state index in [-0.39, 0.29) is 12.1 Å². The highest BCUT2D eigenvalue weighted by molar-refractivity contribution is 9.10. The van der Waals surface area contributed by atoms with Gasteiger partial charge in [-0.25, -0.2) is 9.07 Å². The Kier molecular flexibility index (Phi) is 3.41. The van der Waals surface area contributed by atoms with Crippen LogP contribution in [0.5, 0.6) is 0 Å². The smallest absolute Gasteiger partial charge is 0.282 e. The van der Waals surface area contributed by atoms with Crippen molar-refractivity contribution in [2.75, 3.05) is 18.5 Å². The topological polar surface area (TPSA) is 46.9 Å². The van der Waals surface area contributed by atoms with E-state index in [2.05, 4.69) is 26.3 Å². The largest absolute Gasteiger partial charge is 0.380 e. The quantitative estimate of drug-likeness (QED) is 0.867. The van der Waals surface area contributed by atoms with E-state index in [4.69, 9.17) is 0 Å². The average molecular weight is 250 g/mol. The highest BCUT2D eigenvalue weighted by atomic mass is 79.9. The predicted octanol–water partition coefficient (Wildman–Crippen LogP) is 0.924. The molecule has 0 aromatic carbocycles. The van der Waals surface area contributed by atoms with Gasteiger partial charge in [0.2, 0.25) is 0 Å². The lowest BCUT2D eigenvalue weighted by Crippen LogP contribution is -2.21. The van der Waals surface area contributed by atoms with Crippen molar-refractivity contribution < 1.29 is 4.39 Å². The first-order valence-electron chi connectivity index (χ1n) is 3.68. The summed E-state index contributed by atoms with van der Waals surface area (Å²) in [6, 6.07) is 0. The molecule has 1 aromatic rings. The minimum atomic E-state index is -0.484. The molecule has 13 heavy (non-hydrogen) atoms. The lowest BCUT2D eigenvalue weighted by molar-refractivity contribution is 0.512. The standard InChI is InChI=1S/C7H9BrFN3O/c1-12-7(13)6(8)5(4-11-12)10-3-2-9/h4,10H,2-3H2,1H3. The zero-order valence-electron chi connectivity index (χ0n) is 7.05. The number of anilines is 1. The SMILES string of the molecule is Cn1ncc(NCCF)c(Br)c1=O. The molecule has 6 heteroatoms. The van der Waals surface area contributed by atoms with Gasteiger partial charge in [0, 0.05) is 13.6 Å². The summed E-state index contributed by atoms with van der Waals surface area (Å²) in [4.78, 5) is 11.3. The van der Waals surface area contributed by atoms with E-state index in [0.29, 0.717) is 10.2 Å². The highest BCUT2D eigenvalue weighted by Crippen LogP contribution is 2.14. The zero-order chi connectivity index (χ0) is 9.84. The van der Waals surface area contributed by atoms with Crippen LogP contribution in [0.1, 0.15) is 0 Å². The van der Waals surface area contributed by atoms with Crippen LogP contribution >= 0.6 is 15.9 Å². The Balaban J connectivity index is 2.97. The zero-order valence-corrected chi connectivity index (χ0v) is 8.64. The fourth-order valence-electron chi connectivity index (χ4n) is 0.816. The van der Waals surface area contributed by atoms with Crippen LogP contribution in [0.4, 0.5) is 10.1 Å². The molecule has 1 aromatic heterocycles. The number of rotatable bonds is 3. The molecule has 0 aliphatic rings. The third kappa shape index (κ3) is 2.27. The second-order valence-corrected chi connectivity index (χ2v) is 3.21. The molecular formula is C7H9BrFN3O. The molecule has 0 amide bonds. The van der Waals surface area contributed by atoms with E-state index in [9.17, 15) is 9.18 Å². The maximum Gasteiger partial charge on any atom is 0.282 e. The molecule has 0 saturated heterocycles. The molecule has 72 valence electrons. The van der Waals surface area contributed by atoms with Crippen molar-refractivity contribution in [3.63, 3.8) is 0 Å². The first kappa shape index (κ1) is 10.2. The summed E-state index contributed by atoms with van der Waals surface area (Å²) in [7, 11) is 1.55. The number of alkyl halides is 1. The number of hydrogen-bond donors (Lipinski definition) is 1. The molecule has 0 fully saturated rings. The Morgan fingerprint density at radius 3 is 3.08 bits per heavy atom. The van der Waals surface area contributed by atoms with Crippen LogP contribution in [-0.2, 0) is 7.05 Å². The number of aryl methyl sites for hydroxylation is 1. The van der Waals surface area contributed by atoms with Gasteiger partial charge in [-0.15, -0.1) is 0 Å². The predicted molar refractivity (Wildman–Crippen MR) is 51.6 cm³/mol. The molecule has 0 atom stereocenters. The van der Waals surface area contributed by atoms with Crippen molar-refractivity contribution in [2.24, 2.45) is 7.05 Å². The van der Waals surface area contributed by atoms with Crippen LogP contribution in [-0.4, -0.2) is 23.0 Å². The monoisotopic (exact) mass is 249 g/mol. The van der Waals surface area contributed by atoms with E-state index in [1.165, 1.54) is 10.9 Å². The van der Waals surface area contributed by atoms with Crippen LogP contribution in [0.3, 0.4) is 0 Å². The summed E-state index contributed by atoms with van der Waals surface area (Å²) in [5, 5.41) is 6.51. The third-order valence-electron chi connectivity index (χ3n) is 1.49. The van der Waals surface area contributed by atoms with Crippen molar-refractivity contribution in [1.29, 1.82) is 0 Å². The van der Waals surface area contributed by atoms with Crippen LogP contribution in [0.25, 0.3) is 0 Å². The van der Waals surface area contributed by atoms with E-state index in [1.807, 2.05) is 0 Å². The van der Waals surface area contributed by atoms with Crippen molar-refractivity contribution in [2.45, 2.75) is 0 Å². The molecule has 0 saturated carbocycles. The van der Waals surface area contributed by atoms with Gasteiger partial charge in [-0.05, 0) is 15.9 Å². The molecule has 1 rings (SSSR count). The Labute approximate surface area is 82.9 Å². The number of halogens is 2. The van der Waals surface area contributed by atoms with Gasteiger partial charge in [0.1, 0.15) is 11.1 Å². The Morgan fingerprint density at radius 2 is 2.46 bits per heavy atom. The Bertz CT molecular complexity index is 352. The molecular weight excluding hydrogens is 241 g/mol. The molecule has 0 spiro atoms. The van der Waals surface area contributed by atoms with E-state index < -0.39 is 6.67 Å². The lowest BCUT2D eigenvalue weighted by atomic mass is 10.4. The van der Waals surface area contributed by atoms with Crippen molar-refractivity contribution in [3.8, 4) is 0 Å². The molecule has 0 aliphatic heterocycles. The van der Waals surface area contributed by atoms with Gasteiger partial charge in [-0.3, -0.25) is 4.79 Å². The fraction of sp³-hybridized carbons (Fsp3) is 0.429. The van der Waals surface area contributed by atoms with Crippen LogP contribution < -0.4 is 10.9 Å². The minimum absolute atomic E-state index is 0.174. The lowest BCUT2D eigenvalue weighted by Gasteiger charge is -2.05. The van der Waals surface area contributed by atoms with Crippen LogP contribution in [0, 0.1) is 0 Å². The minimum Gasteiger partial charge on any atom is -0.380 e. The van der Waals surface area contributed by atoms with Crippen molar-refractivity contribution in [3.05, 3.63) is 21.0 Å². The fourth-order valence-corrected chi connectivity index (χ4v) is 1.32. The summed E-state index contributed by atoms with van der Waals surface area (Å²) in [6.07, 6.45) is 1.47. The molecule has 1 heterocycles. The van der Waals surface area contributed by atoms with E-state index in [0.717, 1.165) is 0 Å². The maximum atomic E-state index is 11.8. The first-order valence-corrected chi connectivity index (χ1v) is 4.47. The number of aromatic nitrogens is 2. The van der Waals surface area contributed by atoms with E-state index >= 15 is 0 Å². The van der Waals surface area contributed by atoms with Gasteiger partial charge in [-0.2, -0.15) is 5.10 Å². The highest BCUT2D eigenvalue weighted by Gasteiger charge is 2.05. The first-order chi connectivity index (χ1) is 6.16. The van der Waals surface area contributed by atoms with Gasteiger partial charge in [0.25, 0.3) is 5.56 Å². The molecule has 4 nitrogen and oxygen atoms in total. The van der Waals surface area contributed by atoms with E-state index in [1.54, 1.807) is 7.05 Å². The van der Waals surface area contributed by atoms with Crippen molar-refractivity contribution in [1.82, 2.24) is 9.78 Å². The van der Waals surface area contributed by atoms with Gasteiger partial charge >= 0.3 is 0 Å². The summed E-state index contributed by atoms with van der Waals surface area (Å²) in [5.74, 6) is 0. The van der Waals surface area contributed by atoms with Gasteiger partial charge in [0.05, 0.1) is 11.9 Å². The summed E-state index contributed by atoms with van der Waals surface area (Å²) < 4.78 is 13.4. The van der Waals surface area contributed by atoms with Crippen LogP contribution in [0.15, 0.2) is 15.5 Å². The molecule has 0 radical (unpaired) electrons. The number of nitrogens with one attached hydrogen (secondary N) is 1. The molecule has 0 bridgehead atoms. The van der Waals surface area contributed by atoms with Crippen molar-refractivity contribution >= 4 is 21.6 Å². The summed E-state index contributed by atoms with van der Waals surface area (Å²) in [6.45, 7) is -0.310. The average Bonchev–Trinajstić information content (AvgIpc) is 2.13. The summed E-state index contributed by atoms with van der Waals surface area (Å²) in [5.41, 5.74) is 0.268. The Morgan fingerprint density at radius 1 is 1.77 bits per heavy atom. The second-order valence-electron chi connectivity index (χ2n) is 2.42. The van der Waals surface area contributed by atoms with Gasteiger partial charge in [-0.1, -0.05) is 0 Å². The van der Waals surface area contributed by atoms with Gasteiger partial charge < -0.3 is 5.32 Å². The third-order valence-corrected chi connectivity index (χ3v) is 2.25. The molecule has 0 aliphatic carbocycles. The molecule has 0 unspecified atom stereocenters. The maximum absolute atomic E-state index is 11.8. The summed E-state index contributed by atoms with van der Waals surface area (Å²) >= 11 is 3.10. The van der Waals surface area contributed by atoms with Crippen LogP contribution in [0.2, 0.25) is 0 Å². The normalized spacial score (nSPS) is 10.1. The Hall–Kier alpha value is -0.910.